The lowest BCUT2D eigenvalue weighted by Crippen LogP contribution is -2.64. The molecule has 1 unspecified atom stereocenters. The number of hydrogen-bond acceptors (Lipinski definition) is 6. The summed E-state index contributed by atoms with van der Waals surface area (Å²) in [6.07, 6.45) is 11.5. The maximum Gasteiger partial charge on any atom is 0.109 e. The van der Waals surface area contributed by atoms with Crippen LogP contribution in [0.4, 0.5) is 0 Å². The molecule has 186 valence electrons. The first-order chi connectivity index (χ1) is 15.4. The standard InChI is InChI=1S/C26H47NO5/c1-2-3-6-21(27-15-23(29)25(31)24(30)22(27)16-28)7-4-5-8-32-17-26-12-18-9-19(13-26)11-20(10-18)14-26/h18-25,28-31H,2-17H2,1H3/t18?,19?,20?,21?,22-,23+,24-,25-,26?/m1/s1. The molecular formula is C26H47NO5. The molecule has 0 aromatic rings. The summed E-state index contributed by atoms with van der Waals surface area (Å²) in [5, 5.41) is 40.5. The van der Waals surface area contributed by atoms with Crippen LogP contribution in [0.2, 0.25) is 0 Å². The molecule has 5 aliphatic rings. The molecule has 0 spiro atoms. The number of likely N-dealkylation sites (tertiary alicyclic amines) is 1. The largest absolute Gasteiger partial charge is 0.395 e. The predicted molar refractivity (Wildman–Crippen MR) is 124 cm³/mol. The highest BCUT2D eigenvalue weighted by molar-refractivity contribution is 5.01. The summed E-state index contributed by atoms with van der Waals surface area (Å²) in [6, 6.07) is -0.311. The van der Waals surface area contributed by atoms with E-state index in [-0.39, 0.29) is 12.6 Å². The van der Waals surface area contributed by atoms with Crippen LogP contribution in [0.25, 0.3) is 0 Å². The average molecular weight is 454 g/mol. The van der Waals surface area contributed by atoms with E-state index < -0.39 is 24.4 Å². The van der Waals surface area contributed by atoms with Crippen LogP contribution in [-0.4, -0.2) is 82.1 Å². The number of ether oxygens (including phenoxy) is 1. The van der Waals surface area contributed by atoms with Crippen molar-refractivity contribution in [1.29, 1.82) is 0 Å². The second-order valence-electron chi connectivity index (χ2n) is 11.8. The van der Waals surface area contributed by atoms with E-state index in [4.69, 9.17) is 4.74 Å². The average Bonchev–Trinajstić information content (AvgIpc) is 2.75. The number of unbranched alkanes of at least 4 members (excludes halogenated alkanes) is 2. The molecule has 0 amide bonds. The zero-order valence-corrected chi connectivity index (χ0v) is 20.1. The van der Waals surface area contributed by atoms with Crippen molar-refractivity contribution in [3.8, 4) is 0 Å². The van der Waals surface area contributed by atoms with Crippen LogP contribution in [0.5, 0.6) is 0 Å². The van der Waals surface area contributed by atoms with Gasteiger partial charge in [0.05, 0.1) is 25.4 Å². The number of hydrogen-bond donors (Lipinski definition) is 4. The molecule has 5 atom stereocenters. The maximum atomic E-state index is 10.4. The van der Waals surface area contributed by atoms with Gasteiger partial charge in [-0.3, -0.25) is 4.90 Å². The number of β-amino-alcohol motifs (C(OH)–C–C–N with tert-alkyl or cyclic N) is 1. The quantitative estimate of drug-likeness (QED) is 0.340. The Morgan fingerprint density at radius 1 is 0.906 bits per heavy atom. The van der Waals surface area contributed by atoms with Gasteiger partial charge in [-0.05, 0) is 87.4 Å². The Kier molecular flexibility index (Phi) is 8.55. The summed E-state index contributed by atoms with van der Waals surface area (Å²) >= 11 is 0. The highest BCUT2D eigenvalue weighted by Crippen LogP contribution is 2.60. The van der Waals surface area contributed by atoms with Gasteiger partial charge in [-0.2, -0.15) is 0 Å². The SMILES string of the molecule is CCCCC(CCCCOCC12CC3CC(CC(C3)C1)C2)N1C[C@H](O)[C@@H](O)[C@H](O)[C@H]1CO. The van der Waals surface area contributed by atoms with E-state index >= 15 is 0 Å². The number of aliphatic hydroxyl groups excluding tert-OH is 4. The molecule has 4 saturated carbocycles. The molecule has 1 saturated heterocycles. The van der Waals surface area contributed by atoms with E-state index in [9.17, 15) is 20.4 Å². The molecule has 0 radical (unpaired) electrons. The highest BCUT2D eigenvalue weighted by Gasteiger charge is 2.50. The number of aliphatic hydroxyl groups is 4. The fourth-order valence-corrected chi connectivity index (χ4v) is 8.00. The number of rotatable bonds is 12. The van der Waals surface area contributed by atoms with Crippen LogP contribution in [0.1, 0.15) is 84.0 Å². The molecule has 1 aliphatic heterocycles. The molecule has 6 heteroatoms. The van der Waals surface area contributed by atoms with Gasteiger partial charge in [0.2, 0.25) is 0 Å². The first-order valence-corrected chi connectivity index (χ1v) is 13.4. The van der Waals surface area contributed by atoms with Crippen molar-refractivity contribution in [2.75, 3.05) is 26.4 Å². The minimum atomic E-state index is -1.19. The molecule has 5 fully saturated rings. The zero-order chi connectivity index (χ0) is 22.7. The lowest BCUT2D eigenvalue weighted by molar-refractivity contribution is -0.155. The van der Waals surface area contributed by atoms with E-state index in [1.54, 1.807) is 0 Å². The first-order valence-electron chi connectivity index (χ1n) is 13.4. The molecular weight excluding hydrogens is 406 g/mol. The van der Waals surface area contributed by atoms with Crippen LogP contribution in [-0.2, 0) is 4.74 Å². The molecule has 4 N–H and O–H groups in total. The Morgan fingerprint density at radius 3 is 2.12 bits per heavy atom. The molecule has 5 rings (SSSR count). The summed E-state index contributed by atoms with van der Waals surface area (Å²) < 4.78 is 6.25. The Hall–Kier alpha value is -0.240. The molecule has 4 aliphatic carbocycles. The Balaban J connectivity index is 1.22. The molecule has 4 bridgehead atoms. The van der Waals surface area contributed by atoms with Crippen LogP contribution < -0.4 is 0 Å². The van der Waals surface area contributed by atoms with E-state index in [2.05, 4.69) is 6.92 Å². The lowest BCUT2D eigenvalue weighted by atomic mass is 9.50. The van der Waals surface area contributed by atoms with Gasteiger partial charge < -0.3 is 25.2 Å². The van der Waals surface area contributed by atoms with E-state index in [0.717, 1.165) is 69.5 Å². The summed E-state index contributed by atoms with van der Waals surface area (Å²) in [7, 11) is 0. The summed E-state index contributed by atoms with van der Waals surface area (Å²) in [6.45, 7) is 4.03. The number of piperidine rings is 1. The van der Waals surface area contributed by atoms with Crippen LogP contribution in [0, 0.1) is 23.2 Å². The van der Waals surface area contributed by atoms with E-state index in [0.29, 0.717) is 12.0 Å². The maximum absolute atomic E-state index is 10.4. The minimum Gasteiger partial charge on any atom is -0.395 e. The van der Waals surface area contributed by atoms with Gasteiger partial charge in [-0.15, -0.1) is 0 Å². The van der Waals surface area contributed by atoms with Crippen molar-refractivity contribution in [1.82, 2.24) is 4.90 Å². The van der Waals surface area contributed by atoms with Crippen molar-refractivity contribution < 1.29 is 25.2 Å². The van der Waals surface area contributed by atoms with Crippen molar-refractivity contribution in [2.24, 2.45) is 23.2 Å². The fraction of sp³-hybridized carbons (Fsp3) is 1.00. The number of nitrogens with zero attached hydrogens (tertiary/aromatic N) is 1. The summed E-state index contributed by atoms with van der Waals surface area (Å²) in [5.74, 6) is 2.91. The molecule has 0 aromatic heterocycles. The third-order valence-corrected chi connectivity index (χ3v) is 9.16. The van der Waals surface area contributed by atoms with Gasteiger partial charge >= 0.3 is 0 Å². The second-order valence-corrected chi connectivity index (χ2v) is 11.8. The lowest BCUT2D eigenvalue weighted by Gasteiger charge is -2.56. The monoisotopic (exact) mass is 453 g/mol. The highest BCUT2D eigenvalue weighted by atomic mass is 16.5. The van der Waals surface area contributed by atoms with Crippen molar-refractivity contribution in [3.63, 3.8) is 0 Å². The van der Waals surface area contributed by atoms with Crippen molar-refractivity contribution in [3.05, 3.63) is 0 Å². The molecule has 6 nitrogen and oxygen atoms in total. The van der Waals surface area contributed by atoms with Crippen molar-refractivity contribution in [2.45, 2.75) is 114 Å². The van der Waals surface area contributed by atoms with Gasteiger partial charge in [0.25, 0.3) is 0 Å². The van der Waals surface area contributed by atoms with Crippen LogP contribution in [0.15, 0.2) is 0 Å². The van der Waals surface area contributed by atoms with Gasteiger partial charge in [-0.25, -0.2) is 0 Å². The smallest absolute Gasteiger partial charge is 0.109 e. The van der Waals surface area contributed by atoms with Gasteiger partial charge in [0.15, 0.2) is 0 Å². The third-order valence-electron chi connectivity index (χ3n) is 9.16. The molecule has 0 aromatic carbocycles. The molecule has 1 heterocycles. The predicted octanol–water partition coefficient (Wildman–Crippen LogP) is 2.71. The summed E-state index contributed by atoms with van der Waals surface area (Å²) in [5.41, 5.74) is 0.480. The topological polar surface area (TPSA) is 93.4 Å². The Labute approximate surface area is 194 Å². The van der Waals surface area contributed by atoms with E-state index in [1.807, 2.05) is 4.90 Å². The van der Waals surface area contributed by atoms with Crippen LogP contribution >= 0.6 is 0 Å². The second kappa shape index (κ2) is 11.0. The molecule has 32 heavy (non-hydrogen) atoms. The Bertz CT molecular complexity index is 551. The summed E-state index contributed by atoms with van der Waals surface area (Å²) in [4.78, 5) is 2.05. The third kappa shape index (κ3) is 5.52. The van der Waals surface area contributed by atoms with Gasteiger partial charge in [0.1, 0.15) is 12.2 Å². The van der Waals surface area contributed by atoms with Crippen LogP contribution in [0.3, 0.4) is 0 Å². The van der Waals surface area contributed by atoms with E-state index in [1.165, 1.54) is 38.5 Å². The van der Waals surface area contributed by atoms with Crippen molar-refractivity contribution >= 4 is 0 Å². The van der Waals surface area contributed by atoms with Gasteiger partial charge in [0, 0.05) is 19.2 Å². The van der Waals surface area contributed by atoms with Gasteiger partial charge in [-0.1, -0.05) is 19.8 Å². The zero-order valence-electron chi connectivity index (χ0n) is 20.1. The Morgan fingerprint density at radius 2 is 1.53 bits per heavy atom. The normalized spacial score (nSPS) is 42.5. The fourth-order valence-electron chi connectivity index (χ4n) is 8.00. The minimum absolute atomic E-state index is 0.201. The first kappa shape index (κ1) is 24.9.